The molecule has 86 valence electrons. The average molecular weight is 218 g/mol. The molecular formula is C13H18N2O. The third kappa shape index (κ3) is 2.08. The fourth-order valence-corrected chi connectivity index (χ4v) is 2.37. The van der Waals surface area contributed by atoms with Gasteiger partial charge in [0.25, 0.3) is 0 Å². The van der Waals surface area contributed by atoms with Crippen molar-refractivity contribution in [2.24, 2.45) is 0 Å². The molecule has 0 N–H and O–H groups in total. The minimum atomic E-state index is 0.557. The smallest absolute Gasteiger partial charge is 0.151 e. The second kappa shape index (κ2) is 4.64. The van der Waals surface area contributed by atoms with Crippen molar-refractivity contribution in [2.45, 2.75) is 39.2 Å². The Morgan fingerprint density at radius 1 is 1.50 bits per heavy atom. The molecule has 0 saturated carbocycles. The molecule has 1 aromatic rings. The summed E-state index contributed by atoms with van der Waals surface area (Å²) in [6, 6.07) is 2.47. The Balaban J connectivity index is 2.28. The number of nitrogens with zero attached hydrogens (tertiary/aromatic N) is 2. The van der Waals surface area contributed by atoms with Crippen molar-refractivity contribution in [3.8, 4) is 0 Å². The lowest BCUT2D eigenvalue weighted by Gasteiger charge is -2.35. The molecule has 0 radical (unpaired) electrons. The number of hydrogen-bond donors (Lipinski definition) is 0. The Bertz CT molecular complexity index is 390. The van der Waals surface area contributed by atoms with E-state index in [1.807, 2.05) is 13.0 Å². The van der Waals surface area contributed by atoms with Gasteiger partial charge in [-0.1, -0.05) is 0 Å². The van der Waals surface area contributed by atoms with Crippen LogP contribution < -0.4 is 4.90 Å². The molecule has 1 saturated heterocycles. The number of aldehydes is 1. The predicted molar refractivity (Wildman–Crippen MR) is 65.0 cm³/mol. The summed E-state index contributed by atoms with van der Waals surface area (Å²) in [4.78, 5) is 17.4. The van der Waals surface area contributed by atoms with E-state index in [4.69, 9.17) is 0 Å². The van der Waals surface area contributed by atoms with Gasteiger partial charge in [0, 0.05) is 24.3 Å². The highest BCUT2D eigenvalue weighted by Gasteiger charge is 2.20. The lowest BCUT2D eigenvalue weighted by Crippen LogP contribution is -2.38. The zero-order chi connectivity index (χ0) is 11.5. The van der Waals surface area contributed by atoms with Crippen LogP contribution in [0.25, 0.3) is 0 Å². The van der Waals surface area contributed by atoms with E-state index in [-0.39, 0.29) is 0 Å². The van der Waals surface area contributed by atoms with Crippen LogP contribution in [0, 0.1) is 6.92 Å². The van der Waals surface area contributed by atoms with E-state index in [1.54, 1.807) is 6.20 Å². The summed E-state index contributed by atoms with van der Waals surface area (Å²) in [5.74, 6) is 1.04. The lowest BCUT2D eigenvalue weighted by molar-refractivity contribution is 0.112. The largest absolute Gasteiger partial charge is 0.354 e. The van der Waals surface area contributed by atoms with Crippen molar-refractivity contribution in [2.75, 3.05) is 11.4 Å². The van der Waals surface area contributed by atoms with Gasteiger partial charge in [0.05, 0.1) is 0 Å². The number of hydrogen-bond acceptors (Lipinski definition) is 3. The SMILES string of the molecule is Cc1cc(C=O)cnc1N1CCCCC1C. The lowest BCUT2D eigenvalue weighted by atomic mass is 10.0. The van der Waals surface area contributed by atoms with Gasteiger partial charge in [0.15, 0.2) is 6.29 Å². The van der Waals surface area contributed by atoms with E-state index in [0.717, 1.165) is 24.2 Å². The van der Waals surface area contributed by atoms with Crippen molar-refractivity contribution in [3.05, 3.63) is 23.4 Å². The summed E-state index contributed by atoms with van der Waals surface area (Å²) >= 11 is 0. The minimum Gasteiger partial charge on any atom is -0.354 e. The monoisotopic (exact) mass is 218 g/mol. The van der Waals surface area contributed by atoms with E-state index in [1.165, 1.54) is 19.3 Å². The Labute approximate surface area is 96.5 Å². The number of aromatic nitrogens is 1. The van der Waals surface area contributed by atoms with Gasteiger partial charge >= 0.3 is 0 Å². The van der Waals surface area contributed by atoms with Gasteiger partial charge in [-0.25, -0.2) is 4.98 Å². The van der Waals surface area contributed by atoms with Crippen LogP contribution in [-0.2, 0) is 0 Å². The molecule has 1 aliphatic heterocycles. The van der Waals surface area contributed by atoms with E-state index in [9.17, 15) is 4.79 Å². The zero-order valence-electron chi connectivity index (χ0n) is 9.94. The first-order chi connectivity index (χ1) is 7.72. The summed E-state index contributed by atoms with van der Waals surface area (Å²) in [7, 11) is 0. The van der Waals surface area contributed by atoms with Crippen LogP contribution >= 0.6 is 0 Å². The first-order valence-electron chi connectivity index (χ1n) is 5.91. The predicted octanol–water partition coefficient (Wildman–Crippen LogP) is 2.58. The highest BCUT2D eigenvalue weighted by atomic mass is 16.1. The van der Waals surface area contributed by atoms with E-state index in [0.29, 0.717) is 11.6 Å². The number of aryl methyl sites for hydroxylation is 1. The van der Waals surface area contributed by atoms with Crippen LogP contribution in [0.3, 0.4) is 0 Å². The molecule has 3 nitrogen and oxygen atoms in total. The highest BCUT2D eigenvalue weighted by molar-refractivity contribution is 5.75. The molecule has 1 unspecified atom stereocenters. The molecule has 16 heavy (non-hydrogen) atoms. The third-order valence-electron chi connectivity index (χ3n) is 3.28. The molecule has 3 heteroatoms. The summed E-state index contributed by atoms with van der Waals surface area (Å²) in [6.45, 7) is 5.35. The number of anilines is 1. The molecular weight excluding hydrogens is 200 g/mol. The van der Waals surface area contributed by atoms with Gasteiger partial charge < -0.3 is 4.90 Å². The quantitative estimate of drug-likeness (QED) is 0.715. The van der Waals surface area contributed by atoms with Crippen LogP contribution in [0.4, 0.5) is 5.82 Å². The van der Waals surface area contributed by atoms with Crippen LogP contribution in [0.15, 0.2) is 12.3 Å². The summed E-state index contributed by atoms with van der Waals surface area (Å²) in [6.07, 6.45) is 6.29. The number of carbonyl (C=O) groups excluding carboxylic acids is 1. The van der Waals surface area contributed by atoms with Crippen LogP contribution in [0.5, 0.6) is 0 Å². The number of carbonyl (C=O) groups is 1. The molecule has 0 amide bonds. The maximum Gasteiger partial charge on any atom is 0.151 e. The molecule has 0 spiro atoms. The molecule has 0 aliphatic carbocycles. The second-order valence-electron chi connectivity index (χ2n) is 4.57. The van der Waals surface area contributed by atoms with Gasteiger partial charge in [0.1, 0.15) is 5.82 Å². The Kier molecular flexibility index (Phi) is 3.22. The Morgan fingerprint density at radius 2 is 2.31 bits per heavy atom. The number of piperidine rings is 1. The van der Waals surface area contributed by atoms with Crippen molar-refractivity contribution >= 4 is 12.1 Å². The fourth-order valence-electron chi connectivity index (χ4n) is 2.37. The fraction of sp³-hybridized carbons (Fsp3) is 0.538. The first kappa shape index (κ1) is 11.1. The Morgan fingerprint density at radius 3 is 2.94 bits per heavy atom. The van der Waals surface area contributed by atoms with E-state index in [2.05, 4.69) is 16.8 Å². The van der Waals surface area contributed by atoms with Gasteiger partial charge in [-0.2, -0.15) is 0 Å². The molecule has 1 aliphatic rings. The number of rotatable bonds is 2. The maximum atomic E-state index is 10.7. The molecule has 1 fully saturated rings. The first-order valence-corrected chi connectivity index (χ1v) is 5.91. The zero-order valence-corrected chi connectivity index (χ0v) is 9.94. The maximum absolute atomic E-state index is 10.7. The number of pyridine rings is 1. The van der Waals surface area contributed by atoms with Gasteiger partial charge in [-0.3, -0.25) is 4.79 Å². The van der Waals surface area contributed by atoms with Gasteiger partial charge in [0.2, 0.25) is 0 Å². The van der Waals surface area contributed by atoms with E-state index < -0.39 is 0 Å². The topological polar surface area (TPSA) is 33.2 Å². The van der Waals surface area contributed by atoms with Gasteiger partial charge in [-0.05, 0) is 44.7 Å². The van der Waals surface area contributed by atoms with Crippen LogP contribution in [0.2, 0.25) is 0 Å². The molecule has 2 rings (SSSR count). The van der Waals surface area contributed by atoms with Crippen molar-refractivity contribution in [3.63, 3.8) is 0 Å². The van der Waals surface area contributed by atoms with Crippen LogP contribution in [-0.4, -0.2) is 23.9 Å². The van der Waals surface area contributed by atoms with Crippen molar-refractivity contribution < 1.29 is 4.79 Å². The Hall–Kier alpha value is -1.38. The van der Waals surface area contributed by atoms with Gasteiger partial charge in [-0.15, -0.1) is 0 Å². The van der Waals surface area contributed by atoms with Crippen molar-refractivity contribution in [1.29, 1.82) is 0 Å². The van der Waals surface area contributed by atoms with Crippen LogP contribution in [0.1, 0.15) is 42.1 Å². The average Bonchev–Trinajstić information content (AvgIpc) is 2.30. The second-order valence-corrected chi connectivity index (χ2v) is 4.57. The minimum absolute atomic E-state index is 0.557. The third-order valence-corrected chi connectivity index (χ3v) is 3.28. The normalized spacial score (nSPS) is 20.9. The molecule has 0 bridgehead atoms. The highest BCUT2D eigenvalue weighted by Crippen LogP contribution is 2.25. The summed E-state index contributed by atoms with van der Waals surface area (Å²) in [5, 5.41) is 0. The molecule has 1 aromatic heterocycles. The molecule has 1 atom stereocenters. The van der Waals surface area contributed by atoms with Crippen molar-refractivity contribution in [1.82, 2.24) is 4.98 Å². The molecule has 2 heterocycles. The van der Waals surface area contributed by atoms with E-state index >= 15 is 0 Å². The summed E-state index contributed by atoms with van der Waals surface area (Å²) in [5.41, 5.74) is 1.75. The standard InChI is InChI=1S/C13H18N2O/c1-10-7-12(9-16)8-14-13(10)15-6-4-3-5-11(15)2/h7-9,11H,3-6H2,1-2H3. The summed E-state index contributed by atoms with van der Waals surface area (Å²) < 4.78 is 0. The molecule has 0 aromatic carbocycles.